The number of aryl methyl sites for hydroxylation is 1. The molecule has 1 N–H and O–H groups in total. The summed E-state index contributed by atoms with van der Waals surface area (Å²) in [5, 5.41) is 9.11. The van der Waals surface area contributed by atoms with Crippen molar-refractivity contribution in [2.75, 3.05) is 11.5 Å². The van der Waals surface area contributed by atoms with Crippen molar-refractivity contribution in [2.45, 2.75) is 27.3 Å². The first-order chi connectivity index (χ1) is 8.38. The summed E-state index contributed by atoms with van der Waals surface area (Å²) < 4.78 is 12.8. The summed E-state index contributed by atoms with van der Waals surface area (Å²) in [5.41, 5.74) is 0.776. The van der Waals surface area contributed by atoms with Gasteiger partial charge in [-0.2, -0.15) is 0 Å². The molecule has 5 nitrogen and oxygen atoms in total. The third-order valence-electron chi connectivity index (χ3n) is 2.85. The van der Waals surface area contributed by atoms with Gasteiger partial charge in [0.05, 0.1) is 5.56 Å². The van der Waals surface area contributed by atoms with Gasteiger partial charge >= 0.3 is 5.97 Å². The van der Waals surface area contributed by atoms with Crippen LogP contribution in [-0.2, 0) is 17.3 Å². The summed E-state index contributed by atoms with van der Waals surface area (Å²) in [6.07, 6.45) is 0. The highest BCUT2D eigenvalue weighted by atomic mass is 32.2. The van der Waals surface area contributed by atoms with Gasteiger partial charge in [0, 0.05) is 40.6 Å². The summed E-state index contributed by atoms with van der Waals surface area (Å²) in [7, 11) is -0.974. The largest absolute Gasteiger partial charge is 0.478 e. The van der Waals surface area contributed by atoms with Crippen LogP contribution in [-0.4, -0.2) is 31.4 Å². The molecule has 1 rings (SSSR count). The van der Waals surface area contributed by atoms with Crippen molar-refractivity contribution in [2.24, 2.45) is 0 Å². The molecule has 1 heterocycles. The van der Waals surface area contributed by atoms with Crippen molar-refractivity contribution in [3.63, 3.8) is 0 Å². The van der Waals surface area contributed by atoms with Crippen LogP contribution >= 0.6 is 0 Å². The first-order valence-electron chi connectivity index (χ1n) is 5.67. The lowest BCUT2D eigenvalue weighted by Gasteiger charge is -2.13. The number of carbonyl (C=O) groups is 1. The monoisotopic (exact) mass is 271 g/mol. The van der Waals surface area contributed by atoms with E-state index in [1.54, 1.807) is 13.8 Å². The molecule has 0 amide bonds. The van der Waals surface area contributed by atoms with Crippen LogP contribution in [0.5, 0.6) is 0 Å². The zero-order valence-corrected chi connectivity index (χ0v) is 11.5. The lowest BCUT2D eigenvalue weighted by atomic mass is 10.1. The summed E-state index contributed by atoms with van der Waals surface area (Å²) in [4.78, 5) is 22.9. The lowest BCUT2D eigenvalue weighted by molar-refractivity contribution is 0.0694. The number of pyridine rings is 1. The van der Waals surface area contributed by atoms with Gasteiger partial charge in [0.15, 0.2) is 0 Å². The zero-order valence-electron chi connectivity index (χ0n) is 10.7. The van der Waals surface area contributed by atoms with E-state index in [4.69, 9.17) is 5.11 Å². The minimum atomic E-state index is -1.05. The van der Waals surface area contributed by atoms with Gasteiger partial charge in [0.2, 0.25) is 0 Å². The first kappa shape index (κ1) is 14.6. The number of carboxylic acids is 1. The molecule has 0 radical (unpaired) electrons. The van der Waals surface area contributed by atoms with Gasteiger partial charge in [-0.15, -0.1) is 0 Å². The van der Waals surface area contributed by atoms with Crippen LogP contribution < -0.4 is 5.56 Å². The fourth-order valence-electron chi connectivity index (χ4n) is 1.86. The maximum absolute atomic E-state index is 11.8. The molecule has 1 unspecified atom stereocenters. The molecule has 0 aromatic carbocycles. The minimum Gasteiger partial charge on any atom is -0.478 e. The Hall–Kier alpha value is -1.43. The molecular weight excluding hydrogens is 254 g/mol. The van der Waals surface area contributed by atoms with Crippen LogP contribution in [0.2, 0.25) is 0 Å². The molecule has 0 saturated carbocycles. The Labute approximate surface area is 108 Å². The molecule has 0 bridgehead atoms. The van der Waals surface area contributed by atoms with Crippen LogP contribution in [0.25, 0.3) is 0 Å². The third-order valence-corrected chi connectivity index (χ3v) is 4.13. The summed E-state index contributed by atoms with van der Waals surface area (Å²) in [6, 6.07) is 1.31. The average molecular weight is 271 g/mol. The molecule has 0 aliphatic carbocycles. The topological polar surface area (TPSA) is 76.4 Å². The van der Waals surface area contributed by atoms with Crippen LogP contribution in [0.4, 0.5) is 0 Å². The Morgan fingerprint density at radius 2 is 2.06 bits per heavy atom. The van der Waals surface area contributed by atoms with Crippen molar-refractivity contribution >= 4 is 16.8 Å². The molecule has 0 fully saturated rings. The van der Waals surface area contributed by atoms with Gasteiger partial charge in [-0.3, -0.25) is 9.00 Å². The average Bonchev–Trinajstić information content (AvgIpc) is 2.27. The molecule has 0 aliphatic heterocycles. The van der Waals surface area contributed by atoms with Gasteiger partial charge < -0.3 is 9.67 Å². The standard InChI is InChI=1S/C12H17NO4S/c1-4-18(17)6-5-13-9(3)11(12(15)16)8(2)7-10(13)14/h7H,4-6H2,1-3H3,(H,15,16). The Balaban J connectivity index is 3.20. The number of nitrogens with zero attached hydrogens (tertiary/aromatic N) is 1. The predicted octanol–water partition coefficient (Wildman–Crippen LogP) is 0.932. The van der Waals surface area contributed by atoms with Crippen LogP contribution in [0.1, 0.15) is 28.5 Å². The van der Waals surface area contributed by atoms with Crippen molar-refractivity contribution in [1.82, 2.24) is 4.57 Å². The van der Waals surface area contributed by atoms with E-state index in [2.05, 4.69) is 0 Å². The molecule has 1 aromatic heterocycles. The summed E-state index contributed by atoms with van der Waals surface area (Å²) in [6.45, 7) is 5.30. The highest BCUT2D eigenvalue weighted by Crippen LogP contribution is 2.11. The van der Waals surface area contributed by atoms with E-state index in [0.717, 1.165) is 0 Å². The molecule has 18 heavy (non-hydrogen) atoms. The van der Waals surface area contributed by atoms with E-state index >= 15 is 0 Å². The fourth-order valence-corrected chi connectivity index (χ4v) is 2.53. The SMILES string of the molecule is CCS(=O)CCn1c(C)c(C(=O)O)c(C)cc1=O. The van der Waals surface area contributed by atoms with Crippen LogP contribution in [0.15, 0.2) is 10.9 Å². The van der Waals surface area contributed by atoms with E-state index in [-0.39, 0.29) is 17.7 Å². The Morgan fingerprint density at radius 3 is 2.56 bits per heavy atom. The molecular formula is C12H17NO4S. The first-order valence-corrected chi connectivity index (χ1v) is 7.16. The number of rotatable bonds is 5. The molecule has 1 aromatic rings. The van der Waals surface area contributed by atoms with E-state index in [9.17, 15) is 13.8 Å². The highest BCUT2D eigenvalue weighted by Gasteiger charge is 2.15. The summed E-state index contributed by atoms with van der Waals surface area (Å²) >= 11 is 0. The van der Waals surface area contributed by atoms with Crippen molar-refractivity contribution in [3.05, 3.63) is 33.2 Å². The smallest absolute Gasteiger partial charge is 0.337 e. The summed E-state index contributed by atoms with van der Waals surface area (Å²) in [5.74, 6) is -0.152. The van der Waals surface area contributed by atoms with E-state index in [1.165, 1.54) is 10.6 Å². The van der Waals surface area contributed by atoms with Crippen molar-refractivity contribution in [3.8, 4) is 0 Å². The minimum absolute atomic E-state index is 0.150. The highest BCUT2D eigenvalue weighted by molar-refractivity contribution is 7.84. The van der Waals surface area contributed by atoms with E-state index < -0.39 is 16.8 Å². The Bertz CT molecular complexity index is 548. The second-order valence-corrected chi connectivity index (χ2v) is 5.88. The third kappa shape index (κ3) is 3.07. The number of aromatic carboxylic acids is 1. The maximum Gasteiger partial charge on any atom is 0.337 e. The van der Waals surface area contributed by atoms with E-state index in [1.807, 2.05) is 6.92 Å². The predicted molar refractivity (Wildman–Crippen MR) is 70.7 cm³/mol. The number of hydrogen-bond donors (Lipinski definition) is 1. The molecule has 100 valence electrons. The second-order valence-electron chi connectivity index (χ2n) is 4.02. The lowest BCUT2D eigenvalue weighted by Crippen LogP contribution is -2.27. The second kappa shape index (κ2) is 5.95. The Morgan fingerprint density at radius 1 is 1.44 bits per heavy atom. The fraction of sp³-hybridized carbons (Fsp3) is 0.500. The van der Waals surface area contributed by atoms with Gasteiger partial charge in [0.25, 0.3) is 5.56 Å². The molecule has 1 atom stereocenters. The van der Waals surface area contributed by atoms with E-state index in [0.29, 0.717) is 22.8 Å². The molecule has 0 saturated heterocycles. The normalized spacial score (nSPS) is 12.4. The van der Waals surface area contributed by atoms with Crippen LogP contribution in [0.3, 0.4) is 0 Å². The van der Waals surface area contributed by atoms with Gasteiger partial charge in [-0.05, 0) is 19.4 Å². The van der Waals surface area contributed by atoms with Crippen LogP contribution in [0, 0.1) is 13.8 Å². The quantitative estimate of drug-likeness (QED) is 0.864. The molecule has 0 spiro atoms. The number of hydrogen-bond acceptors (Lipinski definition) is 3. The zero-order chi connectivity index (χ0) is 13.9. The maximum atomic E-state index is 11.8. The van der Waals surface area contributed by atoms with Gasteiger partial charge in [0.1, 0.15) is 0 Å². The van der Waals surface area contributed by atoms with Crippen molar-refractivity contribution < 1.29 is 14.1 Å². The molecule has 6 heteroatoms. The van der Waals surface area contributed by atoms with Gasteiger partial charge in [-0.1, -0.05) is 6.92 Å². The number of aromatic nitrogens is 1. The Kier molecular flexibility index (Phi) is 4.84. The molecule has 0 aliphatic rings. The number of carboxylic acid groups (broad SMARTS) is 1. The van der Waals surface area contributed by atoms with Crippen molar-refractivity contribution in [1.29, 1.82) is 0 Å². The van der Waals surface area contributed by atoms with Gasteiger partial charge in [-0.25, -0.2) is 4.79 Å².